The third kappa shape index (κ3) is 8.16. The second kappa shape index (κ2) is 14.6. The molecule has 0 aliphatic rings. The van der Waals surface area contributed by atoms with Gasteiger partial charge in [-0.25, -0.2) is 4.39 Å². The van der Waals surface area contributed by atoms with Crippen molar-refractivity contribution in [2.75, 3.05) is 6.61 Å². The number of rotatable bonds is 14. The van der Waals surface area contributed by atoms with Crippen molar-refractivity contribution >= 4 is 35.0 Å². The number of carbonyl (C=O) groups is 2. The number of aromatic nitrogens is 1. The second-order valence-electron chi connectivity index (χ2n) is 10.9. The number of carboxylic acid groups (broad SMARTS) is 2. The number of benzene rings is 3. The molecule has 3 aromatic carbocycles. The van der Waals surface area contributed by atoms with E-state index in [1.54, 1.807) is 23.8 Å². The van der Waals surface area contributed by atoms with Crippen LogP contribution in [0.15, 0.2) is 60.9 Å². The maximum Gasteiger partial charge on any atom is 0.323 e. The van der Waals surface area contributed by atoms with E-state index >= 15 is 0 Å². The van der Waals surface area contributed by atoms with Gasteiger partial charge in [0.2, 0.25) is 0 Å². The molecular weight excluding hydrogens is 561 g/mol. The summed E-state index contributed by atoms with van der Waals surface area (Å²) in [7, 11) is 0. The summed E-state index contributed by atoms with van der Waals surface area (Å²) in [5.41, 5.74) is 6.92. The smallest absolute Gasteiger partial charge is 0.323 e. The molecule has 0 bridgehead atoms. The van der Waals surface area contributed by atoms with Crippen LogP contribution in [0, 0.1) is 33.5 Å². The summed E-state index contributed by atoms with van der Waals surface area (Å²) in [5, 5.41) is 19.2. The van der Waals surface area contributed by atoms with Crippen molar-refractivity contribution in [3.05, 3.63) is 106 Å². The fraction of sp³-hybridized carbons (Fsp3) is 0.278. The maximum absolute atomic E-state index is 14.8. The number of hydrogen-bond acceptors (Lipinski definition) is 4. The topological polar surface area (TPSA) is 98.0 Å². The Hall–Kier alpha value is -4.85. The van der Waals surface area contributed by atoms with Crippen LogP contribution in [0.5, 0.6) is 11.5 Å². The number of halogens is 1. The Labute approximate surface area is 256 Å². The Morgan fingerprint density at radius 2 is 1.64 bits per heavy atom. The van der Waals surface area contributed by atoms with Crippen molar-refractivity contribution < 1.29 is 33.7 Å². The Bertz CT molecular complexity index is 1690. The van der Waals surface area contributed by atoms with Crippen LogP contribution >= 0.6 is 0 Å². The number of hydrogen-bond donors (Lipinski definition) is 2. The van der Waals surface area contributed by atoms with E-state index in [9.17, 15) is 19.1 Å². The minimum absolute atomic E-state index is 0.0233. The Morgan fingerprint density at radius 3 is 2.30 bits per heavy atom. The minimum Gasteiger partial charge on any atom is -0.493 e. The van der Waals surface area contributed by atoms with E-state index in [0.29, 0.717) is 53.8 Å². The molecule has 1 heterocycles. The van der Waals surface area contributed by atoms with Crippen molar-refractivity contribution in [3.8, 4) is 11.5 Å². The quantitative estimate of drug-likeness (QED) is 0.0865. The highest BCUT2D eigenvalue weighted by molar-refractivity contribution is 5.95. The Balaban J connectivity index is 1.44. The van der Waals surface area contributed by atoms with E-state index in [2.05, 4.69) is 19.1 Å². The van der Waals surface area contributed by atoms with Crippen LogP contribution in [0.25, 0.3) is 23.1 Å². The average molecular weight is 600 g/mol. The standard InChI is InChI=1S/C36H38FNO6/c1-23-18-24(2)36(25(3)19-23)44-17-6-5-16-43-30-14-11-27(12-15-30)10-13-28-20-29(37)21-32-31(8-7-9-33(39)40)26(4)38(35(28)32)22-34(41)42/h5,10-16,18-21H,6-9,17,22H2,1-4H3,(H,39,40)(H,41,42)/b13-10+,16-5+. The molecule has 4 aromatic rings. The third-order valence-corrected chi connectivity index (χ3v) is 7.42. The van der Waals surface area contributed by atoms with Gasteiger partial charge in [-0.2, -0.15) is 0 Å². The molecule has 0 fully saturated rings. The van der Waals surface area contributed by atoms with Gasteiger partial charge in [0, 0.05) is 29.5 Å². The van der Waals surface area contributed by atoms with Crippen LogP contribution in [0.2, 0.25) is 0 Å². The molecule has 0 unspecified atom stereocenters. The molecule has 0 spiro atoms. The first-order valence-corrected chi connectivity index (χ1v) is 14.6. The molecule has 8 heteroatoms. The van der Waals surface area contributed by atoms with E-state index in [1.807, 2.05) is 50.3 Å². The van der Waals surface area contributed by atoms with Crippen LogP contribution in [0.3, 0.4) is 0 Å². The minimum atomic E-state index is -1.02. The molecule has 0 radical (unpaired) electrons. The van der Waals surface area contributed by atoms with Gasteiger partial charge in [0.1, 0.15) is 23.9 Å². The van der Waals surface area contributed by atoms with Crippen LogP contribution < -0.4 is 9.47 Å². The second-order valence-corrected chi connectivity index (χ2v) is 10.9. The Morgan fingerprint density at radius 1 is 0.932 bits per heavy atom. The molecule has 0 atom stereocenters. The number of fused-ring (bicyclic) bond motifs is 1. The highest BCUT2D eigenvalue weighted by atomic mass is 19.1. The molecule has 0 saturated heterocycles. The summed E-state index contributed by atoms with van der Waals surface area (Å²) in [5.74, 6) is -0.791. The van der Waals surface area contributed by atoms with Crippen LogP contribution in [-0.4, -0.2) is 33.3 Å². The predicted molar refractivity (Wildman–Crippen MR) is 171 cm³/mol. The van der Waals surface area contributed by atoms with E-state index in [-0.39, 0.29) is 13.0 Å². The first kappa shape index (κ1) is 32.1. The molecular formula is C36H38FNO6. The maximum atomic E-state index is 14.8. The van der Waals surface area contributed by atoms with Crippen molar-refractivity contribution in [1.29, 1.82) is 0 Å². The fourth-order valence-electron chi connectivity index (χ4n) is 5.53. The monoisotopic (exact) mass is 599 g/mol. The van der Waals surface area contributed by atoms with Crippen molar-refractivity contribution in [3.63, 3.8) is 0 Å². The van der Waals surface area contributed by atoms with Gasteiger partial charge in [0.05, 0.1) is 18.4 Å². The number of aryl methyl sites for hydroxylation is 4. The molecule has 2 N–H and O–H groups in total. The van der Waals surface area contributed by atoms with Gasteiger partial charge in [0.25, 0.3) is 0 Å². The lowest BCUT2D eigenvalue weighted by Gasteiger charge is -2.12. The molecule has 0 amide bonds. The lowest BCUT2D eigenvalue weighted by atomic mass is 10.0. The van der Waals surface area contributed by atoms with E-state index < -0.39 is 17.8 Å². The molecule has 4 rings (SSSR count). The third-order valence-electron chi connectivity index (χ3n) is 7.42. The van der Waals surface area contributed by atoms with Crippen molar-refractivity contribution in [2.45, 2.75) is 59.9 Å². The number of ether oxygens (including phenoxy) is 2. The molecule has 0 saturated carbocycles. The molecule has 230 valence electrons. The number of carboxylic acids is 2. The molecule has 7 nitrogen and oxygen atoms in total. The lowest BCUT2D eigenvalue weighted by Crippen LogP contribution is -2.10. The fourth-order valence-corrected chi connectivity index (χ4v) is 5.53. The summed E-state index contributed by atoms with van der Waals surface area (Å²) >= 11 is 0. The van der Waals surface area contributed by atoms with Gasteiger partial charge in [-0.1, -0.05) is 42.0 Å². The zero-order chi connectivity index (χ0) is 31.8. The summed E-state index contributed by atoms with van der Waals surface area (Å²) in [6.45, 7) is 8.21. The van der Waals surface area contributed by atoms with Crippen molar-refractivity contribution in [1.82, 2.24) is 4.57 Å². The Kier molecular flexibility index (Phi) is 10.6. The van der Waals surface area contributed by atoms with E-state index in [1.165, 1.54) is 17.7 Å². The van der Waals surface area contributed by atoms with Gasteiger partial charge in [-0.3, -0.25) is 9.59 Å². The van der Waals surface area contributed by atoms with Gasteiger partial charge >= 0.3 is 11.9 Å². The highest BCUT2D eigenvalue weighted by Gasteiger charge is 2.19. The van der Waals surface area contributed by atoms with E-state index in [4.69, 9.17) is 14.6 Å². The predicted octanol–water partition coefficient (Wildman–Crippen LogP) is 8.04. The molecule has 0 aliphatic carbocycles. The zero-order valence-corrected chi connectivity index (χ0v) is 25.5. The number of nitrogens with zero attached hydrogens (tertiary/aromatic N) is 1. The van der Waals surface area contributed by atoms with E-state index in [0.717, 1.165) is 28.0 Å². The lowest BCUT2D eigenvalue weighted by molar-refractivity contribution is -0.138. The normalized spacial score (nSPS) is 11.6. The largest absolute Gasteiger partial charge is 0.493 e. The van der Waals surface area contributed by atoms with Crippen LogP contribution in [0.1, 0.15) is 58.3 Å². The van der Waals surface area contributed by atoms with Gasteiger partial charge < -0.3 is 24.3 Å². The summed E-state index contributed by atoms with van der Waals surface area (Å²) in [6.07, 6.45) is 8.59. The first-order valence-electron chi connectivity index (χ1n) is 14.6. The van der Waals surface area contributed by atoms with Crippen LogP contribution in [0.4, 0.5) is 4.39 Å². The number of aliphatic carboxylic acids is 2. The molecule has 0 aliphatic heterocycles. The zero-order valence-electron chi connectivity index (χ0n) is 25.5. The van der Waals surface area contributed by atoms with Crippen LogP contribution in [-0.2, 0) is 22.6 Å². The summed E-state index contributed by atoms with van der Waals surface area (Å²) in [4.78, 5) is 22.7. The first-order chi connectivity index (χ1) is 21.0. The van der Waals surface area contributed by atoms with Crippen molar-refractivity contribution in [2.24, 2.45) is 0 Å². The summed E-state index contributed by atoms with van der Waals surface area (Å²) in [6, 6.07) is 14.4. The SMILES string of the molecule is Cc1cc(C)c(OCC/C=C/Oc2ccc(/C=C/c3cc(F)cc4c(CCCC(=O)O)c(C)n(CC(=O)O)c34)cc2)c(C)c1. The molecule has 44 heavy (non-hydrogen) atoms. The van der Waals surface area contributed by atoms with Gasteiger partial charge in [-0.05, 0) is 93.1 Å². The van der Waals surface area contributed by atoms with Gasteiger partial charge in [0.15, 0.2) is 0 Å². The highest BCUT2D eigenvalue weighted by Crippen LogP contribution is 2.32. The summed E-state index contributed by atoms with van der Waals surface area (Å²) < 4.78 is 28.1. The van der Waals surface area contributed by atoms with Gasteiger partial charge in [-0.15, -0.1) is 0 Å². The average Bonchev–Trinajstić information content (AvgIpc) is 3.20. The molecule has 1 aromatic heterocycles.